The summed E-state index contributed by atoms with van der Waals surface area (Å²) in [7, 11) is 0. The Morgan fingerprint density at radius 1 is 1.17 bits per heavy atom. The molecule has 1 heterocycles. The van der Waals surface area contributed by atoms with Gasteiger partial charge in [-0.05, 0) is 41.7 Å². The van der Waals surface area contributed by atoms with Crippen LogP contribution in [0.4, 0.5) is 13.2 Å². The zero-order valence-corrected chi connectivity index (χ0v) is 13.0. The van der Waals surface area contributed by atoms with Crippen LogP contribution in [0.2, 0.25) is 0 Å². The number of benzene rings is 1. The van der Waals surface area contributed by atoms with Crippen LogP contribution >= 0.6 is 0 Å². The second-order valence-corrected chi connectivity index (χ2v) is 5.99. The van der Waals surface area contributed by atoms with Gasteiger partial charge in [-0.3, -0.25) is 9.78 Å². The molecule has 0 N–H and O–H groups in total. The van der Waals surface area contributed by atoms with Gasteiger partial charge in [-0.15, -0.1) is 0 Å². The Kier molecular flexibility index (Phi) is 4.55. The molecule has 1 saturated carbocycles. The maximum Gasteiger partial charge on any atom is 0.397 e. The summed E-state index contributed by atoms with van der Waals surface area (Å²) < 4.78 is 37.6. The predicted octanol–water partition coefficient (Wildman–Crippen LogP) is 4.19. The Hall–Kier alpha value is -2.37. The van der Waals surface area contributed by atoms with E-state index in [0.717, 1.165) is 29.5 Å². The minimum Gasteiger partial charge on any atom is -0.335 e. The Balaban J connectivity index is 1.77. The first kappa shape index (κ1) is 16.5. The fourth-order valence-electron chi connectivity index (χ4n) is 2.66. The summed E-state index contributed by atoms with van der Waals surface area (Å²) in [6.07, 6.45) is -0.921. The summed E-state index contributed by atoms with van der Waals surface area (Å²) in [6, 6.07) is 11.2. The molecule has 3 rings (SSSR count). The average molecular weight is 334 g/mol. The molecular weight excluding hydrogens is 317 g/mol. The van der Waals surface area contributed by atoms with E-state index in [1.165, 1.54) is 4.90 Å². The minimum absolute atomic E-state index is 0.0677. The molecule has 0 unspecified atom stereocenters. The van der Waals surface area contributed by atoms with Crippen molar-refractivity contribution in [3.63, 3.8) is 0 Å². The maximum absolute atomic E-state index is 12.5. The number of amides is 1. The summed E-state index contributed by atoms with van der Waals surface area (Å²) in [5, 5.41) is 0. The number of carbonyl (C=O) groups is 1. The lowest BCUT2D eigenvalue weighted by Gasteiger charge is -2.23. The molecule has 0 radical (unpaired) electrons. The third-order valence-electron chi connectivity index (χ3n) is 3.93. The third kappa shape index (κ3) is 4.34. The SMILES string of the molecule is O=C(CC(F)(F)F)N(Cc1cccc(-c2cccnc2)c1)C1CC1. The Labute approximate surface area is 138 Å². The van der Waals surface area contributed by atoms with Crippen LogP contribution in [-0.2, 0) is 11.3 Å². The molecule has 1 amide bonds. The number of aromatic nitrogens is 1. The molecule has 0 spiro atoms. The summed E-state index contributed by atoms with van der Waals surface area (Å²) >= 11 is 0. The van der Waals surface area contributed by atoms with Crippen LogP contribution in [-0.4, -0.2) is 28.0 Å². The van der Waals surface area contributed by atoms with E-state index in [-0.39, 0.29) is 12.6 Å². The molecule has 2 aromatic rings. The standard InChI is InChI=1S/C18H17F3N2O/c19-18(20,21)10-17(24)23(16-6-7-16)12-13-3-1-4-14(9-13)15-5-2-8-22-11-15/h1-5,8-9,11,16H,6-7,10,12H2. The highest BCUT2D eigenvalue weighted by Gasteiger charge is 2.38. The van der Waals surface area contributed by atoms with Crippen molar-refractivity contribution in [2.24, 2.45) is 0 Å². The Morgan fingerprint density at radius 3 is 2.54 bits per heavy atom. The van der Waals surface area contributed by atoms with Gasteiger partial charge in [0.2, 0.25) is 5.91 Å². The van der Waals surface area contributed by atoms with E-state index >= 15 is 0 Å². The van der Waals surface area contributed by atoms with Crippen molar-refractivity contribution >= 4 is 5.91 Å². The molecule has 3 nitrogen and oxygen atoms in total. The molecule has 0 bridgehead atoms. The molecular formula is C18H17F3N2O. The number of rotatable bonds is 5. The van der Waals surface area contributed by atoms with Gasteiger partial charge in [-0.25, -0.2) is 0 Å². The lowest BCUT2D eigenvalue weighted by molar-refractivity contribution is -0.162. The van der Waals surface area contributed by atoms with Gasteiger partial charge in [0.05, 0.1) is 0 Å². The maximum atomic E-state index is 12.5. The molecule has 0 saturated heterocycles. The molecule has 1 aliphatic rings. The van der Waals surface area contributed by atoms with Gasteiger partial charge >= 0.3 is 6.18 Å². The highest BCUT2D eigenvalue weighted by molar-refractivity contribution is 5.77. The number of nitrogens with zero attached hydrogens (tertiary/aromatic N) is 2. The Morgan fingerprint density at radius 2 is 1.92 bits per heavy atom. The highest BCUT2D eigenvalue weighted by Crippen LogP contribution is 2.32. The number of halogens is 3. The molecule has 0 aliphatic heterocycles. The van der Waals surface area contributed by atoms with Crippen LogP contribution in [0.5, 0.6) is 0 Å². The number of alkyl halides is 3. The summed E-state index contributed by atoms with van der Waals surface area (Å²) in [6.45, 7) is 0.202. The van der Waals surface area contributed by atoms with Gasteiger partial charge in [0.1, 0.15) is 6.42 Å². The first-order valence-corrected chi connectivity index (χ1v) is 7.78. The molecule has 6 heteroatoms. The molecule has 1 aromatic heterocycles. The van der Waals surface area contributed by atoms with Crippen molar-refractivity contribution in [1.82, 2.24) is 9.88 Å². The van der Waals surface area contributed by atoms with Crippen LogP contribution in [0.1, 0.15) is 24.8 Å². The van der Waals surface area contributed by atoms with Crippen molar-refractivity contribution < 1.29 is 18.0 Å². The van der Waals surface area contributed by atoms with Gasteiger partial charge < -0.3 is 4.90 Å². The quantitative estimate of drug-likeness (QED) is 0.821. The normalized spacial score (nSPS) is 14.5. The fourth-order valence-corrected chi connectivity index (χ4v) is 2.66. The smallest absolute Gasteiger partial charge is 0.335 e. The average Bonchev–Trinajstić information content (AvgIpc) is 3.37. The highest BCUT2D eigenvalue weighted by atomic mass is 19.4. The van der Waals surface area contributed by atoms with E-state index in [9.17, 15) is 18.0 Å². The van der Waals surface area contributed by atoms with Gasteiger partial charge in [0, 0.05) is 25.0 Å². The number of hydrogen-bond donors (Lipinski definition) is 0. The number of hydrogen-bond acceptors (Lipinski definition) is 2. The van der Waals surface area contributed by atoms with Gasteiger partial charge in [0.25, 0.3) is 0 Å². The summed E-state index contributed by atoms with van der Waals surface area (Å²) in [5.41, 5.74) is 2.68. The molecule has 126 valence electrons. The van der Waals surface area contributed by atoms with E-state index < -0.39 is 18.5 Å². The van der Waals surface area contributed by atoms with Crippen LogP contribution in [0.3, 0.4) is 0 Å². The summed E-state index contributed by atoms with van der Waals surface area (Å²) in [5.74, 6) is -0.850. The van der Waals surface area contributed by atoms with Gasteiger partial charge in [0.15, 0.2) is 0 Å². The molecule has 1 aliphatic carbocycles. The lowest BCUT2D eigenvalue weighted by atomic mass is 10.0. The van der Waals surface area contributed by atoms with Crippen LogP contribution in [0.25, 0.3) is 11.1 Å². The van der Waals surface area contributed by atoms with Crippen molar-refractivity contribution in [1.29, 1.82) is 0 Å². The molecule has 1 aromatic carbocycles. The van der Waals surface area contributed by atoms with Crippen molar-refractivity contribution in [3.05, 3.63) is 54.4 Å². The van der Waals surface area contributed by atoms with Crippen LogP contribution < -0.4 is 0 Å². The number of pyridine rings is 1. The van der Waals surface area contributed by atoms with E-state index in [1.807, 2.05) is 36.4 Å². The van der Waals surface area contributed by atoms with E-state index in [2.05, 4.69) is 4.98 Å². The van der Waals surface area contributed by atoms with Crippen LogP contribution in [0.15, 0.2) is 48.8 Å². The van der Waals surface area contributed by atoms with E-state index in [1.54, 1.807) is 12.4 Å². The Bertz CT molecular complexity index is 712. The van der Waals surface area contributed by atoms with E-state index in [4.69, 9.17) is 0 Å². The molecule has 1 fully saturated rings. The topological polar surface area (TPSA) is 33.2 Å². The van der Waals surface area contributed by atoms with Crippen molar-refractivity contribution in [2.75, 3.05) is 0 Å². The predicted molar refractivity (Wildman–Crippen MR) is 83.9 cm³/mol. The number of carbonyl (C=O) groups excluding carboxylic acids is 1. The van der Waals surface area contributed by atoms with Gasteiger partial charge in [-0.1, -0.05) is 24.3 Å². The summed E-state index contributed by atoms with van der Waals surface area (Å²) in [4.78, 5) is 17.4. The lowest BCUT2D eigenvalue weighted by Crippen LogP contribution is -2.35. The second-order valence-electron chi connectivity index (χ2n) is 5.99. The minimum atomic E-state index is -4.47. The molecule has 24 heavy (non-hydrogen) atoms. The van der Waals surface area contributed by atoms with Crippen LogP contribution in [0, 0.1) is 0 Å². The zero-order chi connectivity index (χ0) is 17.2. The van der Waals surface area contributed by atoms with Gasteiger partial charge in [-0.2, -0.15) is 13.2 Å². The fraction of sp³-hybridized carbons (Fsp3) is 0.333. The van der Waals surface area contributed by atoms with Crippen molar-refractivity contribution in [3.8, 4) is 11.1 Å². The molecule has 0 atom stereocenters. The first-order valence-electron chi connectivity index (χ1n) is 7.78. The second kappa shape index (κ2) is 6.63. The third-order valence-corrected chi connectivity index (χ3v) is 3.93. The largest absolute Gasteiger partial charge is 0.397 e. The van der Waals surface area contributed by atoms with Crippen molar-refractivity contribution in [2.45, 2.75) is 38.0 Å². The van der Waals surface area contributed by atoms with E-state index in [0.29, 0.717) is 0 Å². The zero-order valence-electron chi connectivity index (χ0n) is 13.0. The first-order chi connectivity index (χ1) is 11.4. The monoisotopic (exact) mass is 334 g/mol.